The molecule has 4 rings (SSSR count). The zero-order valence-corrected chi connectivity index (χ0v) is 19.7. The van der Waals surface area contributed by atoms with E-state index in [0.29, 0.717) is 16.8 Å². The van der Waals surface area contributed by atoms with Crippen molar-refractivity contribution in [2.45, 2.75) is 24.4 Å². The normalized spacial score (nSPS) is 11.3. The van der Waals surface area contributed by atoms with Crippen LogP contribution in [0.1, 0.15) is 16.8 Å². The van der Waals surface area contributed by atoms with E-state index >= 15 is 0 Å². The van der Waals surface area contributed by atoms with Gasteiger partial charge in [0.1, 0.15) is 10.8 Å². The van der Waals surface area contributed by atoms with E-state index < -0.39 is 15.8 Å². The number of carbonyl (C=O) groups is 1. The summed E-state index contributed by atoms with van der Waals surface area (Å²) < 4.78 is 41.1. The molecule has 0 aliphatic rings. The van der Waals surface area contributed by atoms with Crippen LogP contribution in [0.3, 0.4) is 0 Å². The van der Waals surface area contributed by atoms with Crippen molar-refractivity contribution in [3.05, 3.63) is 107 Å². The van der Waals surface area contributed by atoms with Crippen LogP contribution >= 0.6 is 11.3 Å². The van der Waals surface area contributed by atoms with Crippen LogP contribution < -0.4 is 10.0 Å². The highest BCUT2D eigenvalue weighted by atomic mass is 32.2. The lowest BCUT2D eigenvalue weighted by atomic mass is 10.2. The minimum absolute atomic E-state index is 0.0281. The maximum absolute atomic E-state index is 13.3. The molecule has 0 spiro atoms. The standard InChI is InChI=1S/C25H22FN3O3S2/c26-21-10-4-6-18(12-21)16-28-34(31,32)23-11-5-7-19(13-23)15-27-24(30)14-22-17-33-25(29-22)20-8-2-1-3-9-20/h1-13,17,28H,14-16H2,(H,27,30). The van der Waals surface area contributed by atoms with Gasteiger partial charge in [-0.1, -0.05) is 54.6 Å². The van der Waals surface area contributed by atoms with Gasteiger partial charge in [0.25, 0.3) is 0 Å². The first-order valence-corrected chi connectivity index (χ1v) is 12.8. The number of thiazole rings is 1. The fourth-order valence-corrected chi connectivity index (χ4v) is 5.17. The van der Waals surface area contributed by atoms with Crippen molar-refractivity contribution in [3.8, 4) is 10.6 Å². The molecule has 0 fully saturated rings. The zero-order valence-electron chi connectivity index (χ0n) is 18.1. The monoisotopic (exact) mass is 495 g/mol. The summed E-state index contributed by atoms with van der Waals surface area (Å²) in [6, 6.07) is 21.8. The zero-order chi connectivity index (χ0) is 24.0. The van der Waals surface area contributed by atoms with Crippen LogP contribution in [0.4, 0.5) is 4.39 Å². The number of hydrogen-bond acceptors (Lipinski definition) is 5. The third-order valence-corrected chi connectivity index (χ3v) is 7.31. The molecule has 0 aliphatic carbocycles. The summed E-state index contributed by atoms with van der Waals surface area (Å²) in [6.45, 7) is 0.154. The van der Waals surface area contributed by atoms with Gasteiger partial charge in [0.2, 0.25) is 15.9 Å². The Labute approximate surface area is 201 Å². The molecule has 1 heterocycles. The van der Waals surface area contributed by atoms with Gasteiger partial charge in [-0.05, 0) is 35.4 Å². The van der Waals surface area contributed by atoms with Gasteiger partial charge in [0, 0.05) is 24.0 Å². The van der Waals surface area contributed by atoms with E-state index in [0.717, 1.165) is 10.6 Å². The Balaban J connectivity index is 1.33. The number of hydrogen-bond donors (Lipinski definition) is 2. The number of nitrogens with one attached hydrogen (secondary N) is 2. The molecule has 0 saturated carbocycles. The largest absolute Gasteiger partial charge is 0.352 e. The van der Waals surface area contributed by atoms with Crippen LogP contribution in [0.15, 0.2) is 89.1 Å². The molecular formula is C25H22FN3O3S2. The SMILES string of the molecule is O=C(Cc1csc(-c2ccccc2)n1)NCc1cccc(S(=O)(=O)NCc2cccc(F)c2)c1. The summed E-state index contributed by atoms with van der Waals surface area (Å²) in [6.07, 6.45) is 0.135. The van der Waals surface area contributed by atoms with E-state index in [2.05, 4.69) is 15.0 Å². The lowest BCUT2D eigenvalue weighted by Crippen LogP contribution is -2.25. The van der Waals surface area contributed by atoms with Crippen LogP contribution in [0, 0.1) is 5.82 Å². The minimum atomic E-state index is -3.80. The van der Waals surface area contributed by atoms with E-state index in [-0.39, 0.29) is 30.3 Å². The molecule has 9 heteroatoms. The third-order valence-electron chi connectivity index (χ3n) is 4.97. The van der Waals surface area contributed by atoms with Crippen molar-refractivity contribution in [2.75, 3.05) is 0 Å². The predicted molar refractivity (Wildman–Crippen MR) is 130 cm³/mol. The first-order chi connectivity index (χ1) is 16.4. The molecule has 2 N–H and O–H groups in total. The fourth-order valence-electron chi connectivity index (χ4n) is 3.26. The molecule has 4 aromatic rings. The van der Waals surface area contributed by atoms with Gasteiger partial charge in [-0.3, -0.25) is 4.79 Å². The summed E-state index contributed by atoms with van der Waals surface area (Å²) in [4.78, 5) is 17.0. The first-order valence-electron chi connectivity index (χ1n) is 10.5. The van der Waals surface area contributed by atoms with E-state index in [4.69, 9.17) is 0 Å². The topological polar surface area (TPSA) is 88.2 Å². The molecule has 0 bridgehead atoms. The Morgan fingerprint density at radius 3 is 2.41 bits per heavy atom. The highest BCUT2D eigenvalue weighted by Gasteiger charge is 2.15. The van der Waals surface area contributed by atoms with Gasteiger partial charge < -0.3 is 5.32 Å². The second-order valence-electron chi connectivity index (χ2n) is 7.57. The number of nitrogens with zero attached hydrogens (tertiary/aromatic N) is 1. The number of halogens is 1. The number of rotatable bonds is 9. The van der Waals surface area contributed by atoms with Crippen LogP contribution in [0.5, 0.6) is 0 Å². The molecule has 34 heavy (non-hydrogen) atoms. The van der Waals surface area contributed by atoms with Crippen LogP contribution in [0.2, 0.25) is 0 Å². The van der Waals surface area contributed by atoms with E-state index in [1.807, 2.05) is 35.7 Å². The summed E-state index contributed by atoms with van der Waals surface area (Å²) in [5, 5.41) is 5.52. The number of carbonyl (C=O) groups excluding carboxylic acids is 1. The number of aromatic nitrogens is 1. The first kappa shape index (κ1) is 23.7. The van der Waals surface area contributed by atoms with E-state index in [1.54, 1.807) is 18.2 Å². The molecule has 1 amide bonds. The van der Waals surface area contributed by atoms with Gasteiger partial charge in [-0.15, -0.1) is 11.3 Å². The Morgan fingerprint density at radius 1 is 0.912 bits per heavy atom. The minimum Gasteiger partial charge on any atom is -0.352 e. The Kier molecular flexibility index (Phi) is 7.46. The molecule has 6 nitrogen and oxygen atoms in total. The van der Waals surface area contributed by atoms with Gasteiger partial charge >= 0.3 is 0 Å². The smallest absolute Gasteiger partial charge is 0.240 e. The van der Waals surface area contributed by atoms with Gasteiger partial charge in [-0.2, -0.15) is 0 Å². The van der Waals surface area contributed by atoms with Crippen LogP contribution in [0.25, 0.3) is 10.6 Å². The molecule has 0 saturated heterocycles. The van der Waals surface area contributed by atoms with Crippen molar-refractivity contribution in [1.29, 1.82) is 0 Å². The fraction of sp³-hybridized carbons (Fsp3) is 0.120. The van der Waals surface area contributed by atoms with Gasteiger partial charge in [0.05, 0.1) is 17.0 Å². The third kappa shape index (κ3) is 6.34. The molecule has 0 unspecified atom stereocenters. The summed E-state index contributed by atoms with van der Waals surface area (Å²) >= 11 is 1.48. The maximum atomic E-state index is 13.3. The predicted octanol–water partition coefficient (Wildman–Crippen LogP) is 4.29. The van der Waals surface area contributed by atoms with Crippen molar-refractivity contribution in [2.24, 2.45) is 0 Å². The van der Waals surface area contributed by atoms with Crippen LogP contribution in [-0.2, 0) is 34.3 Å². The number of amides is 1. The molecule has 0 atom stereocenters. The number of benzene rings is 3. The molecule has 1 aromatic heterocycles. The molecule has 0 radical (unpaired) electrons. The van der Waals surface area contributed by atoms with E-state index in [1.165, 1.54) is 41.7 Å². The average Bonchev–Trinajstić information content (AvgIpc) is 3.31. The Hall–Kier alpha value is -3.40. The second kappa shape index (κ2) is 10.7. The van der Waals surface area contributed by atoms with Crippen molar-refractivity contribution < 1.29 is 17.6 Å². The molecule has 3 aromatic carbocycles. The number of sulfonamides is 1. The second-order valence-corrected chi connectivity index (χ2v) is 10.2. The Bertz CT molecular complexity index is 1390. The van der Waals surface area contributed by atoms with Gasteiger partial charge in [0.15, 0.2) is 0 Å². The molecule has 174 valence electrons. The summed E-state index contributed by atoms with van der Waals surface area (Å²) in [5.41, 5.74) is 2.84. The summed E-state index contributed by atoms with van der Waals surface area (Å²) in [5.74, 6) is -0.634. The lowest BCUT2D eigenvalue weighted by Gasteiger charge is -2.09. The average molecular weight is 496 g/mol. The quantitative estimate of drug-likeness (QED) is 0.363. The van der Waals surface area contributed by atoms with Crippen molar-refractivity contribution >= 4 is 27.3 Å². The molecular weight excluding hydrogens is 473 g/mol. The van der Waals surface area contributed by atoms with Crippen molar-refractivity contribution in [1.82, 2.24) is 15.0 Å². The highest BCUT2D eigenvalue weighted by Crippen LogP contribution is 2.23. The molecule has 0 aliphatic heterocycles. The maximum Gasteiger partial charge on any atom is 0.240 e. The summed E-state index contributed by atoms with van der Waals surface area (Å²) in [7, 11) is -3.80. The van der Waals surface area contributed by atoms with Crippen molar-refractivity contribution in [3.63, 3.8) is 0 Å². The highest BCUT2D eigenvalue weighted by molar-refractivity contribution is 7.89. The Morgan fingerprint density at radius 2 is 1.65 bits per heavy atom. The van der Waals surface area contributed by atoms with E-state index in [9.17, 15) is 17.6 Å². The van der Waals surface area contributed by atoms with Crippen LogP contribution in [-0.4, -0.2) is 19.3 Å². The lowest BCUT2D eigenvalue weighted by molar-refractivity contribution is -0.120. The van der Waals surface area contributed by atoms with Gasteiger partial charge in [-0.25, -0.2) is 22.5 Å².